The summed E-state index contributed by atoms with van der Waals surface area (Å²) in [5.74, 6) is -0.826. The summed E-state index contributed by atoms with van der Waals surface area (Å²) >= 11 is 0. The minimum atomic E-state index is -0.829. The lowest BCUT2D eigenvalue weighted by Crippen LogP contribution is -2.42. The molecule has 1 fully saturated rings. The van der Waals surface area contributed by atoms with E-state index in [1.165, 1.54) is 0 Å². The summed E-state index contributed by atoms with van der Waals surface area (Å²) in [5.41, 5.74) is 4.62. The predicted molar refractivity (Wildman–Crippen MR) is 57.6 cm³/mol. The maximum atomic E-state index is 10.9. The number of carbonyl (C=O) groups is 1. The van der Waals surface area contributed by atoms with Crippen LogP contribution in [0.1, 0.15) is 39.5 Å². The Bertz CT molecular complexity index is 232. The molecule has 1 saturated carbocycles. The number of hydrogen-bond donors (Lipinski definition) is 2. The molecular formula is C11H21NO3. The second kappa shape index (κ2) is 4.49. The van der Waals surface area contributed by atoms with Crippen molar-refractivity contribution >= 4 is 5.97 Å². The van der Waals surface area contributed by atoms with Gasteiger partial charge in [0.1, 0.15) is 0 Å². The Morgan fingerprint density at radius 3 is 2.40 bits per heavy atom. The molecule has 1 rings (SSSR count). The summed E-state index contributed by atoms with van der Waals surface area (Å²) in [6.07, 6.45) is 4.17. The van der Waals surface area contributed by atoms with Crippen molar-refractivity contribution in [2.45, 2.75) is 45.1 Å². The Hall–Kier alpha value is -0.610. The number of nitrogens with two attached hydrogens (primary N) is 1. The summed E-state index contributed by atoms with van der Waals surface area (Å²) in [6.45, 7) is 4.07. The van der Waals surface area contributed by atoms with Crippen LogP contribution >= 0.6 is 0 Å². The predicted octanol–water partition coefficient (Wildman–Crippen LogP) is 1.39. The van der Waals surface area contributed by atoms with E-state index in [-0.39, 0.29) is 12.2 Å². The molecule has 1 aliphatic carbocycles. The van der Waals surface area contributed by atoms with E-state index in [1.54, 1.807) is 13.8 Å². The fourth-order valence-electron chi connectivity index (χ4n) is 1.82. The maximum Gasteiger partial charge on any atom is 0.311 e. The van der Waals surface area contributed by atoms with Crippen LogP contribution in [0.3, 0.4) is 0 Å². The lowest BCUT2D eigenvalue weighted by atomic mass is 9.94. The fraction of sp³-hybridized carbons (Fsp3) is 0.909. The first-order valence-corrected chi connectivity index (χ1v) is 5.49. The van der Waals surface area contributed by atoms with Crippen molar-refractivity contribution in [2.24, 2.45) is 11.1 Å². The largest absolute Gasteiger partial charge is 0.481 e. The summed E-state index contributed by atoms with van der Waals surface area (Å²) in [6, 6.07) is 0. The lowest BCUT2D eigenvalue weighted by Gasteiger charge is -2.31. The normalized spacial score (nSPS) is 20.5. The van der Waals surface area contributed by atoms with Crippen molar-refractivity contribution in [3.8, 4) is 0 Å². The Balaban J connectivity index is 2.51. The Labute approximate surface area is 90.8 Å². The standard InChI is InChI=1S/C11H21NO3/c1-10(2,9(13)14)8-15-11(7-12)5-3-4-6-11/h3-8,12H2,1-2H3,(H,13,14). The van der Waals surface area contributed by atoms with E-state index in [9.17, 15) is 4.79 Å². The van der Waals surface area contributed by atoms with Crippen LogP contribution in [-0.2, 0) is 9.53 Å². The van der Waals surface area contributed by atoms with Crippen molar-refractivity contribution in [3.63, 3.8) is 0 Å². The lowest BCUT2D eigenvalue weighted by molar-refractivity contribution is -0.155. The van der Waals surface area contributed by atoms with Crippen LogP contribution in [0.15, 0.2) is 0 Å². The maximum absolute atomic E-state index is 10.9. The van der Waals surface area contributed by atoms with Crippen molar-refractivity contribution in [2.75, 3.05) is 13.2 Å². The van der Waals surface area contributed by atoms with Gasteiger partial charge < -0.3 is 15.6 Å². The quantitative estimate of drug-likeness (QED) is 0.726. The minimum absolute atomic E-state index is 0.236. The monoisotopic (exact) mass is 215 g/mol. The first kappa shape index (κ1) is 12.5. The van der Waals surface area contributed by atoms with Crippen molar-refractivity contribution in [1.82, 2.24) is 0 Å². The van der Waals surface area contributed by atoms with Crippen LogP contribution in [0.4, 0.5) is 0 Å². The third-order valence-corrected chi connectivity index (χ3v) is 3.20. The average Bonchev–Trinajstić information content (AvgIpc) is 2.64. The van der Waals surface area contributed by atoms with E-state index in [2.05, 4.69) is 0 Å². The van der Waals surface area contributed by atoms with Crippen LogP contribution in [0.5, 0.6) is 0 Å². The van der Waals surface area contributed by atoms with Gasteiger partial charge in [-0.2, -0.15) is 0 Å². The van der Waals surface area contributed by atoms with Gasteiger partial charge in [0.05, 0.1) is 17.6 Å². The summed E-state index contributed by atoms with van der Waals surface area (Å²) in [5, 5.41) is 8.96. The van der Waals surface area contributed by atoms with Crippen LogP contribution in [0.25, 0.3) is 0 Å². The third-order valence-electron chi connectivity index (χ3n) is 3.20. The van der Waals surface area contributed by atoms with Crippen molar-refractivity contribution in [3.05, 3.63) is 0 Å². The fourth-order valence-corrected chi connectivity index (χ4v) is 1.82. The summed E-state index contributed by atoms with van der Waals surface area (Å²) in [7, 11) is 0. The highest BCUT2D eigenvalue weighted by molar-refractivity contribution is 5.73. The van der Waals surface area contributed by atoms with Gasteiger partial charge in [0.2, 0.25) is 0 Å². The van der Waals surface area contributed by atoms with Gasteiger partial charge in [-0.15, -0.1) is 0 Å². The molecule has 0 radical (unpaired) electrons. The molecule has 1 aliphatic rings. The minimum Gasteiger partial charge on any atom is -0.481 e. The van der Waals surface area contributed by atoms with Gasteiger partial charge in [-0.05, 0) is 26.7 Å². The molecule has 0 aliphatic heterocycles. The third kappa shape index (κ3) is 2.92. The SMILES string of the molecule is CC(C)(COC1(CN)CCCC1)C(=O)O. The molecule has 0 saturated heterocycles. The summed E-state index contributed by atoms with van der Waals surface area (Å²) in [4.78, 5) is 10.9. The number of carboxylic acids is 1. The van der Waals surface area contributed by atoms with E-state index >= 15 is 0 Å². The molecule has 0 aromatic carbocycles. The Morgan fingerprint density at radius 2 is 2.00 bits per heavy atom. The van der Waals surface area contributed by atoms with Gasteiger partial charge in [0.15, 0.2) is 0 Å². The number of ether oxygens (including phenoxy) is 1. The van der Waals surface area contributed by atoms with E-state index in [1.807, 2.05) is 0 Å². The topological polar surface area (TPSA) is 72.5 Å². The van der Waals surface area contributed by atoms with Gasteiger partial charge in [-0.25, -0.2) is 0 Å². The van der Waals surface area contributed by atoms with Gasteiger partial charge in [0.25, 0.3) is 0 Å². The Morgan fingerprint density at radius 1 is 1.47 bits per heavy atom. The average molecular weight is 215 g/mol. The van der Waals surface area contributed by atoms with E-state index in [4.69, 9.17) is 15.6 Å². The van der Waals surface area contributed by atoms with Gasteiger partial charge in [0, 0.05) is 6.54 Å². The van der Waals surface area contributed by atoms with Crippen LogP contribution in [0, 0.1) is 5.41 Å². The molecule has 3 N–H and O–H groups in total. The number of aliphatic carboxylic acids is 1. The molecule has 88 valence electrons. The number of rotatable bonds is 5. The molecule has 0 unspecified atom stereocenters. The molecule has 4 nitrogen and oxygen atoms in total. The molecule has 0 bridgehead atoms. The second-order valence-electron chi connectivity index (χ2n) is 5.07. The first-order chi connectivity index (χ1) is 6.92. The molecule has 4 heteroatoms. The molecular weight excluding hydrogens is 194 g/mol. The highest BCUT2D eigenvalue weighted by atomic mass is 16.5. The van der Waals surface area contributed by atoms with Gasteiger partial charge >= 0.3 is 5.97 Å². The smallest absolute Gasteiger partial charge is 0.311 e. The van der Waals surface area contributed by atoms with E-state index in [0.29, 0.717) is 6.54 Å². The molecule has 0 atom stereocenters. The first-order valence-electron chi connectivity index (χ1n) is 5.49. The van der Waals surface area contributed by atoms with Gasteiger partial charge in [-0.3, -0.25) is 4.79 Å². The van der Waals surface area contributed by atoms with Crippen LogP contribution in [-0.4, -0.2) is 29.8 Å². The zero-order chi connectivity index (χ0) is 11.5. The molecule has 0 spiro atoms. The molecule has 0 heterocycles. The number of carboxylic acid groups (broad SMARTS) is 1. The van der Waals surface area contributed by atoms with Gasteiger partial charge in [-0.1, -0.05) is 12.8 Å². The second-order valence-corrected chi connectivity index (χ2v) is 5.07. The molecule has 0 aromatic heterocycles. The Kier molecular flexibility index (Phi) is 3.73. The van der Waals surface area contributed by atoms with E-state index in [0.717, 1.165) is 25.7 Å². The van der Waals surface area contributed by atoms with Crippen LogP contribution in [0.2, 0.25) is 0 Å². The molecule has 0 amide bonds. The zero-order valence-corrected chi connectivity index (χ0v) is 9.58. The van der Waals surface area contributed by atoms with Crippen molar-refractivity contribution in [1.29, 1.82) is 0 Å². The van der Waals surface area contributed by atoms with Crippen molar-refractivity contribution < 1.29 is 14.6 Å². The number of hydrogen-bond acceptors (Lipinski definition) is 3. The summed E-state index contributed by atoms with van der Waals surface area (Å²) < 4.78 is 5.76. The highest BCUT2D eigenvalue weighted by Gasteiger charge is 2.37. The zero-order valence-electron chi connectivity index (χ0n) is 9.58. The molecule has 0 aromatic rings. The van der Waals surface area contributed by atoms with Crippen LogP contribution < -0.4 is 5.73 Å². The molecule has 15 heavy (non-hydrogen) atoms. The highest BCUT2D eigenvalue weighted by Crippen LogP contribution is 2.33. The van der Waals surface area contributed by atoms with E-state index < -0.39 is 11.4 Å².